The van der Waals surface area contributed by atoms with Crippen LogP contribution >= 0.6 is 0 Å². The fourth-order valence-electron chi connectivity index (χ4n) is 1.60. The highest BCUT2D eigenvalue weighted by Gasteiger charge is 2.14. The van der Waals surface area contributed by atoms with Crippen molar-refractivity contribution in [3.63, 3.8) is 0 Å². The summed E-state index contributed by atoms with van der Waals surface area (Å²) in [4.78, 5) is 24.7. The maximum absolute atomic E-state index is 12.1. The predicted octanol–water partition coefficient (Wildman–Crippen LogP) is 1.73. The SMILES string of the molecule is CCOC(=O)CCN(C)C(=O)c1ccc(O)c(C)c1. The normalized spacial score (nSPS) is 10.1. The lowest BCUT2D eigenvalue weighted by Crippen LogP contribution is -2.29. The zero-order chi connectivity index (χ0) is 14.4. The standard InChI is InChI=1S/C14H19NO4/c1-4-19-13(17)7-8-15(3)14(18)11-5-6-12(16)10(2)9-11/h5-6,9,16H,4,7-8H2,1-3H3. The summed E-state index contributed by atoms with van der Waals surface area (Å²) in [5.74, 6) is -0.345. The van der Waals surface area contributed by atoms with Gasteiger partial charge in [0.15, 0.2) is 0 Å². The van der Waals surface area contributed by atoms with Crippen LogP contribution in [0.2, 0.25) is 0 Å². The molecule has 1 amide bonds. The highest BCUT2D eigenvalue weighted by atomic mass is 16.5. The number of aromatic hydroxyl groups is 1. The Morgan fingerprint density at radius 1 is 1.37 bits per heavy atom. The maximum atomic E-state index is 12.1. The number of amides is 1. The first-order valence-corrected chi connectivity index (χ1v) is 6.16. The van der Waals surface area contributed by atoms with Crippen LogP contribution in [0.5, 0.6) is 5.75 Å². The van der Waals surface area contributed by atoms with Crippen molar-refractivity contribution in [2.75, 3.05) is 20.2 Å². The lowest BCUT2D eigenvalue weighted by atomic mass is 10.1. The van der Waals surface area contributed by atoms with E-state index in [-0.39, 0.29) is 24.0 Å². The minimum Gasteiger partial charge on any atom is -0.508 e. The molecule has 0 radical (unpaired) electrons. The summed E-state index contributed by atoms with van der Waals surface area (Å²) in [5, 5.41) is 9.41. The predicted molar refractivity (Wildman–Crippen MR) is 71.1 cm³/mol. The van der Waals surface area contributed by atoms with E-state index in [1.54, 1.807) is 33.0 Å². The van der Waals surface area contributed by atoms with Gasteiger partial charge in [-0.2, -0.15) is 0 Å². The summed E-state index contributed by atoms with van der Waals surface area (Å²) >= 11 is 0. The van der Waals surface area contributed by atoms with Crippen LogP contribution in [0.15, 0.2) is 18.2 Å². The average molecular weight is 265 g/mol. The highest BCUT2D eigenvalue weighted by Crippen LogP contribution is 2.17. The number of rotatable bonds is 5. The molecule has 0 aromatic heterocycles. The number of hydrogen-bond acceptors (Lipinski definition) is 4. The third kappa shape index (κ3) is 4.28. The number of ether oxygens (including phenoxy) is 1. The molecule has 0 atom stereocenters. The van der Waals surface area contributed by atoms with Gasteiger partial charge in [0.25, 0.3) is 5.91 Å². The van der Waals surface area contributed by atoms with Crippen LogP contribution in [-0.4, -0.2) is 42.1 Å². The molecular formula is C14H19NO4. The van der Waals surface area contributed by atoms with Crippen molar-refractivity contribution in [1.29, 1.82) is 0 Å². The van der Waals surface area contributed by atoms with Gasteiger partial charge in [-0.25, -0.2) is 0 Å². The van der Waals surface area contributed by atoms with Gasteiger partial charge in [0, 0.05) is 19.2 Å². The van der Waals surface area contributed by atoms with Gasteiger partial charge in [0.2, 0.25) is 0 Å². The second kappa shape index (κ2) is 6.78. The summed E-state index contributed by atoms with van der Waals surface area (Å²) in [6.45, 7) is 4.11. The van der Waals surface area contributed by atoms with Gasteiger partial charge in [-0.1, -0.05) is 0 Å². The first-order valence-electron chi connectivity index (χ1n) is 6.16. The molecule has 5 heteroatoms. The number of phenolic OH excluding ortho intramolecular Hbond substituents is 1. The van der Waals surface area contributed by atoms with Crippen molar-refractivity contribution in [2.24, 2.45) is 0 Å². The Kier molecular flexibility index (Phi) is 5.36. The van der Waals surface area contributed by atoms with E-state index in [2.05, 4.69) is 0 Å². The first-order chi connectivity index (χ1) is 8.95. The first kappa shape index (κ1) is 15.0. The summed E-state index contributed by atoms with van der Waals surface area (Å²) in [7, 11) is 1.63. The Morgan fingerprint density at radius 2 is 2.05 bits per heavy atom. The van der Waals surface area contributed by atoms with Gasteiger partial charge in [0.1, 0.15) is 5.75 Å². The Hall–Kier alpha value is -2.04. The van der Waals surface area contributed by atoms with Gasteiger partial charge in [0.05, 0.1) is 13.0 Å². The Labute approximate surface area is 112 Å². The molecule has 0 fully saturated rings. The van der Waals surface area contributed by atoms with E-state index in [0.29, 0.717) is 24.3 Å². The zero-order valence-electron chi connectivity index (χ0n) is 11.5. The van der Waals surface area contributed by atoms with Crippen molar-refractivity contribution < 1.29 is 19.4 Å². The van der Waals surface area contributed by atoms with Crippen LogP contribution < -0.4 is 0 Å². The molecule has 1 aromatic rings. The molecule has 1 rings (SSSR count). The van der Waals surface area contributed by atoms with Crippen LogP contribution in [0.1, 0.15) is 29.3 Å². The topological polar surface area (TPSA) is 66.8 Å². The minimum atomic E-state index is -0.316. The molecule has 19 heavy (non-hydrogen) atoms. The molecule has 0 aliphatic carbocycles. The smallest absolute Gasteiger partial charge is 0.307 e. The average Bonchev–Trinajstić information content (AvgIpc) is 2.38. The van der Waals surface area contributed by atoms with Crippen LogP contribution in [0.25, 0.3) is 0 Å². The fraction of sp³-hybridized carbons (Fsp3) is 0.429. The van der Waals surface area contributed by atoms with Gasteiger partial charge >= 0.3 is 5.97 Å². The van der Waals surface area contributed by atoms with Crippen molar-refractivity contribution >= 4 is 11.9 Å². The molecule has 0 heterocycles. The number of carbonyl (C=O) groups excluding carboxylic acids is 2. The van der Waals surface area contributed by atoms with Gasteiger partial charge in [-0.15, -0.1) is 0 Å². The Morgan fingerprint density at radius 3 is 2.63 bits per heavy atom. The molecule has 5 nitrogen and oxygen atoms in total. The minimum absolute atomic E-state index is 0.158. The summed E-state index contributed by atoms with van der Waals surface area (Å²) in [6, 6.07) is 4.67. The molecule has 104 valence electrons. The van der Waals surface area contributed by atoms with E-state index < -0.39 is 0 Å². The quantitative estimate of drug-likeness (QED) is 0.823. The number of hydrogen-bond donors (Lipinski definition) is 1. The summed E-state index contributed by atoms with van der Waals surface area (Å²) in [6.07, 6.45) is 0.174. The molecule has 0 spiro atoms. The number of esters is 1. The second-order valence-electron chi connectivity index (χ2n) is 4.28. The summed E-state index contributed by atoms with van der Waals surface area (Å²) < 4.78 is 4.80. The number of aryl methyl sites for hydroxylation is 1. The van der Waals surface area contributed by atoms with E-state index >= 15 is 0 Å². The molecule has 0 aliphatic rings. The van der Waals surface area contributed by atoms with E-state index in [0.717, 1.165) is 0 Å². The summed E-state index contributed by atoms with van der Waals surface area (Å²) in [5.41, 5.74) is 1.13. The molecule has 0 saturated carbocycles. The molecule has 1 aromatic carbocycles. The van der Waals surface area contributed by atoms with Gasteiger partial charge in [-0.05, 0) is 37.6 Å². The second-order valence-corrected chi connectivity index (χ2v) is 4.28. The van der Waals surface area contributed by atoms with E-state index in [9.17, 15) is 14.7 Å². The van der Waals surface area contributed by atoms with Crippen molar-refractivity contribution in [1.82, 2.24) is 4.90 Å². The molecule has 0 unspecified atom stereocenters. The van der Waals surface area contributed by atoms with Crippen molar-refractivity contribution in [3.8, 4) is 5.75 Å². The molecular weight excluding hydrogens is 246 g/mol. The fourth-order valence-corrected chi connectivity index (χ4v) is 1.60. The van der Waals surface area contributed by atoms with Crippen LogP contribution in [0, 0.1) is 6.92 Å². The third-order valence-corrected chi connectivity index (χ3v) is 2.75. The van der Waals surface area contributed by atoms with E-state index in [4.69, 9.17) is 4.74 Å². The number of benzene rings is 1. The lowest BCUT2D eigenvalue weighted by Gasteiger charge is -2.17. The van der Waals surface area contributed by atoms with Crippen LogP contribution in [0.3, 0.4) is 0 Å². The molecule has 0 saturated heterocycles. The highest BCUT2D eigenvalue weighted by molar-refractivity contribution is 5.94. The number of carbonyl (C=O) groups is 2. The van der Waals surface area contributed by atoms with E-state index in [1.165, 1.54) is 11.0 Å². The van der Waals surface area contributed by atoms with Crippen LogP contribution in [0.4, 0.5) is 0 Å². The molecule has 0 bridgehead atoms. The zero-order valence-corrected chi connectivity index (χ0v) is 11.5. The van der Waals surface area contributed by atoms with Gasteiger partial charge < -0.3 is 14.7 Å². The Bertz CT molecular complexity index is 471. The third-order valence-electron chi connectivity index (χ3n) is 2.75. The van der Waals surface area contributed by atoms with E-state index in [1.807, 2.05) is 0 Å². The van der Waals surface area contributed by atoms with Crippen molar-refractivity contribution in [3.05, 3.63) is 29.3 Å². The van der Waals surface area contributed by atoms with Crippen molar-refractivity contribution in [2.45, 2.75) is 20.3 Å². The number of phenols is 1. The van der Waals surface area contributed by atoms with Gasteiger partial charge in [-0.3, -0.25) is 9.59 Å². The molecule has 0 aliphatic heterocycles. The number of nitrogens with zero attached hydrogens (tertiary/aromatic N) is 1. The molecule has 1 N–H and O–H groups in total. The van der Waals surface area contributed by atoms with Crippen LogP contribution in [-0.2, 0) is 9.53 Å². The lowest BCUT2D eigenvalue weighted by molar-refractivity contribution is -0.143. The maximum Gasteiger partial charge on any atom is 0.307 e. The Balaban J connectivity index is 2.61. The monoisotopic (exact) mass is 265 g/mol. The largest absolute Gasteiger partial charge is 0.508 e.